The highest BCUT2D eigenvalue weighted by Gasteiger charge is 2.14. The van der Waals surface area contributed by atoms with E-state index in [-0.39, 0.29) is 0 Å². The highest BCUT2D eigenvalue weighted by Crippen LogP contribution is 2.29. The summed E-state index contributed by atoms with van der Waals surface area (Å²) in [5.74, 6) is 9.45. The second kappa shape index (κ2) is 6.11. The lowest BCUT2D eigenvalue weighted by molar-refractivity contribution is 0.623. The summed E-state index contributed by atoms with van der Waals surface area (Å²) in [4.78, 5) is 4.20. The number of nitrogens with two attached hydrogens (primary N) is 1. The molecule has 1 aromatic rings. The van der Waals surface area contributed by atoms with Crippen LogP contribution in [0.5, 0.6) is 0 Å². The van der Waals surface area contributed by atoms with E-state index in [0.29, 0.717) is 0 Å². The predicted octanol–water partition coefficient (Wildman–Crippen LogP) is 2.79. The Labute approximate surface area is 101 Å². The average Bonchev–Trinajstić information content (AvgIpc) is 2.83. The van der Waals surface area contributed by atoms with Crippen LogP contribution in [0, 0.1) is 5.92 Å². The fourth-order valence-corrected chi connectivity index (χ4v) is 3.43. The number of thioether (sulfide) groups is 1. The summed E-state index contributed by atoms with van der Waals surface area (Å²) in [6, 6.07) is 4.05. The van der Waals surface area contributed by atoms with Gasteiger partial charge in [-0.1, -0.05) is 18.9 Å². The minimum atomic E-state index is 0.807. The smallest absolute Gasteiger partial charge is 0.143 e. The highest BCUT2D eigenvalue weighted by molar-refractivity contribution is 7.98. The summed E-state index contributed by atoms with van der Waals surface area (Å²) >= 11 is 2.00. The van der Waals surface area contributed by atoms with Gasteiger partial charge in [0.05, 0.1) is 0 Å². The Bertz CT molecular complexity index is 324. The Hall–Kier alpha value is -0.740. The number of anilines is 1. The second-order valence-electron chi connectivity index (χ2n) is 4.32. The largest absolute Gasteiger partial charge is 0.308 e. The molecule has 0 bridgehead atoms. The molecule has 1 fully saturated rings. The topological polar surface area (TPSA) is 50.9 Å². The highest BCUT2D eigenvalue weighted by atomic mass is 32.2. The second-order valence-corrected chi connectivity index (χ2v) is 5.35. The third-order valence-electron chi connectivity index (χ3n) is 3.11. The van der Waals surface area contributed by atoms with Crippen LogP contribution in [0.2, 0.25) is 0 Å². The number of nitrogen functional groups attached to an aromatic ring is 1. The summed E-state index contributed by atoms with van der Waals surface area (Å²) in [7, 11) is 0. The molecule has 0 atom stereocenters. The molecule has 3 nitrogen and oxygen atoms in total. The van der Waals surface area contributed by atoms with Crippen molar-refractivity contribution in [3.05, 3.63) is 23.9 Å². The summed E-state index contributed by atoms with van der Waals surface area (Å²) in [6.07, 6.45) is 7.45. The van der Waals surface area contributed by atoms with Gasteiger partial charge >= 0.3 is 0 Å². The van der Waals surface area contributed by atoms with E-state index in [2.05, 4.69) is 16.5 Å². The number of aromatic nitrogens is 1. The van der Waals surface area contributed by atoms with Crippen molar-refractivity contribution in [2.24, 2.45) is 11.8 Å². The van der Waals surface area contributed by atoms with E-state index < -0.39 is 0 Å². The number of hydrogen-bond donors (Lipinski definition) is 2. The van der Waals surface area contributed by atoms with Crippen LogP contribution in [0.4, 0.5) is 5.82 Å². The number of hydrogen-bond acceptors (Lipinski definition) is 4. The van der Waals surface area contributed by atoms with E-state index >= 15 is 0 Å². The van der Waals surface area contributed by atoms with Crippen LogP contribution in [0.25, 0.3) is 0 Å². The van der Waals surface area contributed by atoms with Crippen molar-refractivity contribution in [3.8, 4) is 0 Å². The van der Waals surface area contributed by atoms with Crippen molar-refractivity contribution in [3.63, 3.8) is 0 Å². The van der Waals surface area contributed by atoms with Gasteiger partial charge in [0.15, 0.2) is 0 Å². The summed E-state index contributed by atoms with van der Waals surface area (Å²) in [5.41, 5.74) is 3.85. The van der Waals surface area contributed by atoms with Gasteiger partial charge in [-0.15, -0.1) is 0 Å². The first kappa shape index (κ1) is 11.7. The van der Waals surface area contributed by atoms with Gasteiger partial charge < -0.3 is 5.43 Å². The lowest BCUT2D eigenvalue weighted by Gasteiger charge is -2.10. The molecular weight excluding hydrogens is 218 g/mol. The van der Waals surface area contributed by atoms with Crippen LogP contribution in [-0.2, 0) is 5.75 Å². The van der Waals surface area contributed by atoms with Crippen molar-refractivity contribution in [1.82, 2.24) is 4.98 Å². The average molecular weight is 237 g/mol. The standard InChI is InChI=1S/C12H19N3S/c13-15-12-11(6-3-7-14-12)9-16-8-10-4-1-2-5-10/h3,6-7,10H,1-2,4-5,8-9,13H2,(H,14,15). The number of hydrazine groups is 1. The van der Waals surface area contributed by atoms with E-state index in [0.717, 1.165) is 17.5 Å². The maximum absolute atomic E-state index is 5.42. The number of nitrogens with zero attached hydrogens (tertiary/aromatic N) is 1. The normalized spacial score (nSPS) is 16.6. The summed E-state index contributed by atoms with van der Waals surface area (Å²) in [6.45, 7) is 0. The van der Waals surface area contributed by atoms with Crippen molar-refractivity contribution < 1.29 is 0 Å². The Balaban J connectivity index is 1.79. The molecule has 3 N–H and O–H groups in total. The van der Waals surface area contributed by atoms with Crippen LogP contribution in [-0.4, -0.2) is 10.7 Å². The molecule has 0 aliphatic heterocycles. The summed E-state index contributed by atoms with van der Waals surface area (Å²) in [5, 5.41) is 0. The molecule has 1 saturated carbocycles. The monoisotopic (exact) mass is 237 g/mol. The molecule has 1 aromatic heterocycles. The Morgan fingerprint density at radius 3 is 3.00 bits per heavy atom. The molecule has 0 spiro atoms. The van der Waals surface area contributed by atoms with Gasteiger partial charge in [-0.25, -0.2) is 10.8 Å². The van der Waals surface area contributed by atoms with E-state index in [1.165, 1.54) is 37.0 Å². The molecule has 0 saturated heterocycles. The lowest BCUT2D eigenvalue weighted by atomic mass is 10.1. The van der Waals surface area contributed by atoms with Crippen LogP contribution in [0.15, 0.2) is 18.3 Å². The van der Waals surface area contributed by atoms with Crippen molar-refractivity contribution in [2.75, 3.05) is 11.2 Å². The predicted molar refractivity (Wildman–Crippen MR) is 70.2 cm³/mol. The van der Waals surface area contributed by atoms with Crippen molar-refractivity contribution >= 4 is 17.6 Å². The zero-order chi connectivity index (χ0) is 11.2. The maximum Gasteiger partial charge on any atom is 0.143 e. The van der Waals surface area contributed by atoms with Gasteiger partial charge in [-0.2, -0.15) is 11.8 Å². The Morgan fingerprint density at radius 2 is 2.25 bits per heavy atom. The maximum atomic E-state index is 5.42. The first-order valence-corrected chi connectivity index (χ1v) is 7.04. The van der Waals surface area contributed by atoms with Gasteiger partial charge in [0.25, 0.3) is 0 Å². The molecule has 2 rings (SSSR count). The zero-order valence-corrected chi connectivity index (χ0v) is 10.3. The van der Waals surface area contributed by atoms with Gasteiger partial charge in [0.1, 0.15) is 5.82 Å². The molecular formula is C12H19N3S. The molecule has 88 valence electrons. The molecule has 16 heavy (non-hydrogen) atoms. The molecule has 0 aromatic carbocycles. The number of pyridine rings is 1. The first-order valence-electron chi connectivity index (χ1n) is 5.88. The molecule has 1 aliphatic rings. The molecule has 0 amide bonds. The number of rotatable bonds is 5. The lowest BCUT2D eigenvalue weighted by Crippen LogP contribution is -2.10. The fraction of sp³-hybridized carbons (Fsp3) is 0.583. The SMILES string of the molecule is NNc1ncccc1CSCC1CCCC1. The third-order valence-corrected chi connectivity index (χ3v) is 4.34. The molecule has 1 aliphatic carbocycles. The molecule has 4 heteroatoms. The number of nitrogens with one attached hydrogen (secondary N) is 1. The zero-order valence-electron chi connectivity index (χ0n) is 9.48. The van der Waals surface area contributed by atoms with Crippen LogP contribution < -0.4 is 11.3 Å². The van der Waals surface area contributed by atoms with Gasteiger partial charge in [-0.05, 0) is 30.6 Å². The van der Waals surface area contributed by atoms with Crippen LogP contribution in [0.1, 0.15) is 31.2 Å². The van der Waals surface area contributed by atoms with Crippen LogP contribution in [0.3, 0.4) is 0 Å². The van der Waals surface area contributed by atoms with E-state index in [1.54, 1.807) is 6.20 Å². The molecule has 0 radical (unpaired) electrons. The summed E-state index contributed by atoms with van der Waals surface area (Å²) < 4.78 is 0. The third kappa shape index (κ3) is 3.12. The van der Waals surface area contributed by atoms with Crippen LogP contribution >= 0.6 is 11.8 Å². The minimum absolute atomic E-state index is 0.807. The van der Waals surface area contributed by atoms with Gasteiger partial charge in [0, 0.05) is 17.5 Å². The van der Waals surface area contributed by atoms with Crippen molar-refractivity contribution in [2.45, 2.75) is 31.4 Å². The van der Waals surface area contributed by atoms with Crippen molar-refractivity contribution in [1.29, 1.82) is 0 Å². The minimum Gasteiger partial charge on any atom is -0.308 e. The van der Waals surface area contributed by atoms with E-state index in [4.69, 9.17) is 5.84 Å². The molecule has 0 unspecified atom stereocenters. The quantitative estimate of drug-likeness (QED) is 0.611. The Kier molecular flexibility index (Phi) is 4.48. The first-order chi connectivity index (χ1) is 7.90. The fourth-order valence-electron chi connectivity index (χ4n) is 2.20. The molecule has 1 heterocycles. The van der Waals surface area contributed by atoms with Gasteiger partial charge in [-0.3, -0.25) is 0 Å². The van der Waals surface area contributed by atoms with Gasteiger partial charge in [0.2, 0.25) is 0 Å². The van der Waals surface area contributed by atoms with E-state index in [1.807, 2.05) is 17.8 Å². The van der Waals surface area contributed by atoms with E-state index in [9.17, 15) is 0 Å². The Morgan fingerprint density at radius 1 is 1.44 bits per heavy atom.